The third-order valence-electron chi connectivity index (χ3n) is 3.77. The Kier molecular flexibility index (Phi) is 6.74. The van der Waals surface area contributed by atoms with E-state index in [1.54, 1.807) is 7.11 Å². The standard InChI is InChI=1S/C17H24N4O3/c1-4-21(5-2)11-10-18-15(22)12-16-19-17(20-24-16)13-6-8-14(23-3)9-7-13/h6-9H,4-5,10-12H2,1-3H3,(H,18,22). The van der Waals surface area contributed by atoms with E-state index in [2.05, 4.69) is 34.2 Å². The lowest BCUT2D eigenvalue weighted by Crippen LogP contribution is -2.35. The average Bonchev–Trinajstić information content (AvgIpc) is 3.07. The zero-order valence-electron chi connectivity index (χ0n) is 14.4. The van der Waals surface area contributed by atoms with Gasteiger partial charge in [-0.1, -0.05) is 19.0 Å². The van der Waals surface area contributed by atoms with Crippen LogP contribution in [0.2, 0.25) is 0 Å². The van der Waals surface area contributed by atoms with Crippen molar-refractivity contribution < 1.29 is 14.1 Å². The Labute approximate surface area is 142 Å². The van der Waals surface area contributed by atoms with E-state index in [1.165, 1.54) is 0 Å². The molecule has 0 saturated carbocycles. The van der Waals surface area contributed by atoms with Crippen LogP contribution in [0.1, 0.15) is 19.7 Å². The number of benzene rings is 1. The normalized spacial score (nSPS) is 10.8. The SMILES string of the molecule is CCN(CC)CCNC(=O)Cc1nc(-c2ccc(OC)cc2)no1. The number of hydrogen-bond acceptors (Lipinski definition) is 6. The van der Waals surface area contributed by atoms with E-state index in [1.807, 2.05) is 24.3 Å². The van der Waals surface area contributed by atoms with Gasteiger partial charge in [0.05, 0.1) is 7.11 Å². The molecule has 0 radical (unpaired) electrons. The maximum atomic E-state index is 11.9. The van der Waals surface area contributed by atoms with Gasteiger partial charge in [0.25, 0.3) is 0 Å². The van der Waals surface area contributed by atoms with Crippen molar-refractivity contribution in [1.82, 2.24) is 20.4 Å². The first-order chi connectivity index (χ1) is 11.7. The van der Waals surface area contributed by atoms with Crippen molar-refractivity contribution in [3.8, 4) is 17.1 Å². The molecule has 1 aromatic heterocycles. The Morgan fingerprint density at radius 1 is 1.25 bits per heavy atom. The van der Waals surface area contributed by atoms with Crippen molar-refractivity contribution >= 4 is 5.91 Å². The molecule has 0 saturated heterocycles. The van der Waals surface area contributed by atoms with E-state index in [0.29, 0.717) is 18.3 Å². The molecule has 0 spiro atoms. The fourth-order valence-corrected chi connectivity index (χ4v) is 2.28. The topological polar surface area (TPSA) is 80.5 Å². The second kappa shape index (κ2) is 9.02. The lowest BCUT2D eigenvalue weighted by Gasteiger charge is -2.17. The predicted octanol–water partition coefficient (Wildman–Crippen LogP) is 1.75. The maximum absolute atomic E-state index is 11.9. The number of carbonyl (C=O) groups is 1. The molecule has 1 heterocycles. The van der Waals surface area contributed by atoms with E-state index in [4.69, 9.17) is 9.26 Å². The highest BCUT2D eigenvalue weighted by Gasteiger charge is 2.12. The molecule has 7 heteroatoms. The predicted molar refractivity (Wildman–Crippen MR) is 90.8 cm³/mol. The van der Waals surface area contributed by atoms with E-state index in [-0.39, 0.29) is 12.3 Å². The van der Waals surface area contributed by atoms with Crippen LogP contribution in [0.4, 0.5) is 0 Å². The van der Waals surface area contributed by atoms with Crippen molar-refractivity contribution in [2.45, 2.75) is 20.3 Å². The van der Waals surface area contributed by atoms with Crippen molar-refractivity contribution in [1.29, 1.82) is 0 Å². The number of methoxy groups -OCH3 is 1. The summed E-state index contributed by atoms with van der Waals surface area (Å²) in [5.41, 5.74) is 0.813. The third kappa shape index (κ3) is 5.06. The maximum Gasteiger partial charge on any atom is 0.236 e. The summed E-state index contributed by atoms with van der Waals surface area (Å²) in [6.07, 6.45) is 0.0847. The number of amides is 1. The summed E-state index contributed by atoms with van der Waals surface area (Å²) in [6.45, 7) is 7.59. The number of nitrogens with zero attached hydrogens (tertiary/aromatic N) is 3. The smallest absolute Gasteiger partial charge is 0.236 e. The highest BCUT2D eigenvalue weighted by Crippen LogP contribution is 2.19. The summed E-state index contributed by atoms with van der Waals surface area (Å²) in [4.78, 5) is 18.4. The molecule has 1 aromatic carbocycles. The molecule has 0 aliphatic carbocycles. The summed E-state index contributed by atoms with van der Waals surface area (Å²) in [7, 11) is 1.61. The van der Waals surface area contributed by atoms with Gasteiger partial charge < -0.3 is 19.5 Å². The Morgan fingerprint density at radius 2 is 1.96 bits per heavy atom. The summed E-state index contributed by atoms with van der Waals surface area (Å²) in [5.74, 6) is 1.41. The molecule has 0 fully saturated rings. The minimum absolute atomic E-state index is 0.0847. The van der Waals surface area contributed by atoms with Crippen LogP contribution in [-0.4, -0.2) is 54.2 Å². The lowest BCUT2D eigenvalue weighted by atomic mass is 10.2. The number of ether oxygens (including phenoxy) is 1. The molecule has 1 amide bonds. The molecule has 24 heavy (non-hydrogen) atoms. The molecule has 0 atom stereocenters. The van der Waals surface area contributed by atoms with E-state index >= 15 is 0 Å². The molecule has 0 bridgehead atoms. The first-order valence-electron chi connectivity index (χ1n) is 8.12. The first-order valence-corrected chi connectivity index (χ1v) is 8.12. The van der Waals surface area contributed by atoms with Gasteiger partial charge in [0.15, 0.2) is 0 Å². The van der Waals surface area contributed by atoms with Crippen LogP contribution in [0.25, 0.3) is 11.4 Å². The fraction of sp³-hybridized carbons (Fsp3) is 0.471. The first kappa shape index (κ1) is 17.9. The molecule has 0 aliphatic rings. The third-order valence-corrected chi connectivity index (χ3v) is 3.77. The van der Waals surface area contributed by atoms with Gasteiger partial charge >= 0.3 is 0 Å². The zero-order chi connectivity index (χ0) is 17.4. The number of likely N-dealkylation sites (N-methyl/N-ethyl adjacent to an activating group) is 1. The van der Waals surface area contributed by atoms with Crippen LogP contribution in [0.5, 0.6) is 5.75 Å². The van der Waals surface area contributed by atoms with Crippen molar-refractivity contribution in [2.24, 2.45) is 0 Å². The van der Waals surface area contributed by atoms with Gasteiger partial charge in [-0.25, -0.2) is 0 Å². The molecule has 0 aliphatic heterocycles. The number of nitrogens with one attached hydrogen (secondary N) is 1. The fourth-order valence-electron chi connectivity index (χ4n) is 2.28. The van der Waals surface area contributed by atoms with Gasteiger partial charge in [-0.15, -0.1) is 0 Å². The monoisotopic (exact) mass is 332 g/mol. The van der Waals surface area contributed by atoms with Crippen LogP contribution in [0, 0.1) is 0 Å². The molecule has 2 rings (SSSR count). The zero-order valence-corrected chi connectivity index (χ0v) is 14.4. The van der Waals surface area contributed by atoms with Gasteiger partial charge in [-0.2, -0.15) is 4.98 Å². The molecule has 1 N–H and O–H groups in total. The van der Waals surface area contributed by atoms with Crippen molar-refractivity contribution in [3.63, 3.8) is 0 Å². The van der Waals surface area contributed by atoms with Crippen LogP contribution >= 0.6 is 0 Å². The summed E-state index contributed by atoms with van der Waals surface area (Å²) >= 11 is 0. The lowest BCUT2D eigenvalue weighted by molar-refractivity contribution is -0.120. The number of carbonyl (C=O) groups excluding carboxylic acids is 1. The minimum Gasteiger partial charge on any atom is -0.497 e. The van der Waals surface area contributed by atoms with Crippen molar-refractivity contribution in [3.05, 3.63) is 30.2 Å². The number of aromatic nitrogens is 2. The minimum atomic E-state index is -0.118. The Morgan fingerprint density at radius 3 is 2.58 bits per heavy atom. The van der Waals surface area contributed by atoms with Crippen LogP contribution in [0.15, 0.2) is 28.8 Å². The van der Waals surface area contributed by atoms with Gasteiger partial charge in [0, 0.05) is 18.7 Å². The van der Waals surface area contributed by atoms with Gasteiger partial charge in [-0.3, -0.25) is 4.79 Å². The molecule has 0 unspecified atom stereocenters. The highest BCUT2D eigenvalue weighted by molar-refractivity contribution is 5.77. The number of hydrogen-bond donors (Lipinski definition) is 1. The largest absolute Gasteiger partial charge is 0.497 e. The van der Waals surface area contributed by atoms with Gasteiger partial charge in [-0.05, 0) is 37.4 Å². The van der Waals surface area contributed by atoms with E-state index in [0.717, 1.165) is 30.9 Å². The quantitative estimate of drug-likeness (QED) is 0.753. The molecule has 2 aromatic rings. The van der Waals surface area contributed by atoms with E-state index < -0.39 is 0 Å². The molecule has 130 valence electrons. The summed E-state index contributed by atoms with van der Waals surface area (Å²) in [6, 6.07) is 7.34. The molecular formula is C17H24N4O3. The Balaban J connectivity index is 1.85. The second-order valence-corrected chi connectivity index (χ2v) is 5.29. The second-order valence-electron chi connectivity index (χ2n) is 5.29. The number of rotatable bonds is 9. The van der Waals surface area contributed by atoms with Crippen LogP contribution in [0.3, 0.4) is 0 Å². The molecular weight excluding hydrogens is 308 g/mol. The summed E-state index contributed by atoms with van der Waals surface area (Å²) in [5, 5.41) is 6.78. The van der Waals surface area contributed by atoms with Crippen LogP contribution < -0.4 is 10.1 Å². The van der Waals surface area contributed by atoms with E-state index in [9.17, 15) is 4.79 Å². The van der Waals surface area contributed by atoms with Crippen molar-refractivity contribution in [2.75, 3.05) is 33.3 Å². The molecule has 7 nitrogen and oxygen atoms in total. The van der Waals surface area contributed by atoms with Gasteiger partial charge in [0.2, 0.25) is 17.6 Å². The van der Waals surface area contributed by atoms with Gasteiger partial charge in [0.1, 0.15) is 12.2 Å². The van der Waals surface area contributed by atoms with Crippen LogP contribution in [-0.2, 0) is 11.2 Å². The Bertz CT molecular complexity index is 636. The average molecular weight is 332 g/mol. The Hall–Kier alpha value is -2.41. The highest BCUT2D eigenvalue weighted by atomic mass is 16.5. The summed E-state index contributed by atoms with van der Waals surface area (Å²) < 4.78 is 10.3.